The van der Waals surface area contributed by atoms with Gasteiger partial charge in [-0.05, 0) is 135 Å². The predicted molar refractivity (Wildman–Crippen MR) is 469 cm³/mol. The number of hydrogen-bond acceptors (Lipinski definition) is 24. The number of benzene rings is 10. The van der Waals surface area contributed by atoms with Crippen LogP contribution in [-0.4, -0.2) is 163 Å². The normalized spacial score (nSPS) is 14.2. The fourth-order valence-electron chi connectivity index (χ4n) is 12.2. The Labute approximate surface area is 730 Å². The number of ether oxygens (including phenoxy) is 11. The maximum atomic E-state index is 14.3. The molecule has 0 saturated carbocycles. The van der Waals surface area contributed by atoms with E-state index < -0.39 is 122 Å². The third-order valence-corrected chi connectivity index (χ3v) is 19.1. The molecule has 27 heteroatoms. The lowest BCUT2D eigenvalue weighted by molar-refractivity contribution is -0.176. The van der Waals surface area contributed by atoms with Crippen LogP contribution < -0.4 is 40.7 Å². The van der Waals surface area contributed by atoms with Crippen LogP contribution in [0.2, 0.25) is 0 Å². The van der Waals surface area contributed by atoms with Gasteiger partial charge in [-0.25, -0.2) is 25.2 Å². The van der Waals surface area contributed by atoms with Crippen LogP contribution in [0.3, 0.4) is 0 Å². The monoisotopic (exact) mass is 1720 g/mol. The molecule has 10 rings (SSSR count). The Morgan fingerprint density at radius 2 is 0.544 bits per heavy atom. The van der Waals surface area contributed by atoms with Gasteiger partial charge in [0, 0.05) is 12.8 Å². The van der Waals surface area contributed by atoms with Crippen LogP contribution in [0.15, 0.2) is 279 Å². The first-order valence-corrected chi connectivity index (χ1v) is 41.0. The molecule has 10 aromatic carbocycles. The second-order valence-corrected chi connectivity index (χ2v) is 31.9. The molecule has 0 aromatic heterocycles. The highest BCUT2D eigenvalue weighted by molar-refractivity contribution is 5.82. The van der Waals surface area contributed by atoms with E-state index in [1.54, 1.807) is 84.9 Å². The largest absolute Gasteiger partial charge is 0.485 e. The molecule has 125 heavy (non-hydrogen) atoms. The average molecular weight is 1720 g/mol. The molecule has 0 fully saturated rings. The van der Waals surface area contributed by atoms with Crippen LogP contribution >= 0.6 is 0 Å². The van der Waals surface area contributed by atoms with Crippen LogP contribution in [-0.2, 0) is 108 Å². The summed E-state index contributed by atoms with van der Waals surface area (Å²) in [4.78, 5) is 51.4. The van der Waals surface area contributed by atoms with E-state index in [0.29, 0.717) is 53.9 Å². The Hall–Kier alpha value is -11.6. The Kier molecular flexibility index (Phi) is 40.3. The second kappa shape index (κ2) is 51.0. The lowest BCUT2D eigenvalue weighted by Gasteiger charge is -2.33. The fraction of sp³-hybridized carbons (Fsp3) is 0.347. The molecule has 668 valence electrons. The Morgan fingerprint density at radius 3 is 0.808 bits per heavy atom. The number of carboxylic acid groups (broad SMARTS) is 1. The van der Waals surface area contributed by atoms with Crippen LogP contribution in [0.1, 0.15) is 111 Å². The summed E-state index contributed by atoms with van der Waals surface area (Å²) in [6.45, 7) is 12.9. The van der Waals surface area contributed by atoms with E-state index in [0.717, 1.165) is 44.5 Å². The molecule has 12 N–H and O–H groups in total. The molecule has 2 amide bonds. The standard InChI is InChI=1S/C49H58N2O11.C29H34N2O6.C20H26O6/c1-48(2,3)62-47(56)50-51-49(4,28-39-25-26-40(57-30-35-17-9-5-10-18-35)41(27-39)58-31-36-19-11-6-12-20-36)46(55)61-34-43(60-33-38-23-15-8-16-24-38)45(54)44(53)42(29-52)59-32-37-21-13-7-14-22-37;1-28(2,3)37-27(34)30-31-29(4,26(32)33)18-23-15-16-24(35-19-21-11-7-5-8-12-21)25(17-23)36-20-22-13-9-6-10-14-22;21-11-17(25-13-15-7-3-1-4-8-15)19(23)20(24)18(12-22)26-14-16-9-5-2-6-10-16/h5-27,42-45,51-54H,28-34H2,1-4H3,(H,50,56);5-17,31H,18-20H2,1-4H3,(H,30,34)(H,32,33);1-10,17-24H,11-14H2/t42-,43-,44-,45-,49?;;17-,18-,19-,20-/m1.1/s1. The smallest absolute Gasteiger partial charge is 0.422 e. The number of carbonyl (C=O) groups excluding carboxylic acids is 3. The Balaban J connectivity index is 0.000000259. The van der Waals surface area contributed by atoms with Crippen LogP contribution in [0.4, 0.5) is 9.59 Å². The predicted octanol–water partition coefficient (Wildman–Crippen LogP) is 12.7. The van der Waals surface area contributed by atoms with Gasteiger partial charge in [0.1, 0.15) is 104 Å². The SMILES string of the molecule is CC(C)(C)OC(=O)NNC(C)(Cc1ccc(OCc2ccccc2)c(OCc2ccccc2)c1)C(=O)O.CC(C)(C)OC(=O)NNC(C)(Cc1ccc(OCc2ccccc2)c(OCc2ccccc2)c1)C(=O)OC[C@@H](OCc1ccccc1)[C@@H](O)[C@H](O)[C@@H](CO)OCc1ccccc1.OC[C@@H](OCc1ccccc1)[C@@H](O)[C@H](O)[C@@H](CO)OCc1ccccc1. The van der Waals surface area contributed by atoms with Crippen molar-refractivity contribution in [1.29, 1.82) is 0 Å². The summed E-state index contributed by atoms with van der Waals surface area (Å²) in [6.07, 6.45) is -12.2. The number of aliphatic hydroxyl groups is 7. The molecule has 0 aliphatic rings. The third-order valence-electron chi connectivity index (χ3n) is 19.1. The molecule has 0 bridgehead atoms. The average Bonchev–Trinajstić information content (AvgIpc) is 0.829. The number of aliphatic hydroxyl groups excluding tert-OH is 7. The van der Waals surface area contributed by atoms with E-state index >= 15 is 0 Å². The first kappa shape index (κ1) is 98.8. The van der Waals surface area contributed by atoms with Gasteiger partial charge in [-0.15, -0.1) is 0 Å². The van der Waals surface area contributed by atoms with Gasteiger partial charge in [-0.2, -0.15) is 0 Å². The summed E-state index contributed by atoms with van der Waals surface area (Å²) in [5, 5.41) is 82.5. The highest BCUT2D eigenvalue weighted by Gasteiger charge is 2.41. The number of hydrogen-bond donors (Lipinski definition) is 12. The first-order valence-electron chi connectivity index (χ1n) is 41.0. The lowest BCUT2D eigenvalue weighted by atomic mass is 9.93. The zero-order valence-electron chi connectivity index (χ0n) is 71.8. The zero-order valence-corrected chi connectivity index (χ0v) is 71.8. The summed E-state index contributed by atoms with van der Waals surface area (Å²) in [5.41, 5.74) is 14.1. The quantitative estimate of drug-likeness (QED) is 0.00958. The van der Waals surface area contributed by atoms with Crippen LogP contribution in [0.5, 0.6) is 23.0 Å². The number of aliphatic carboxylic acids is 1. The van der Waals surface area contributed by atoms with Gasteiger partial charge in [0.15, 0.2) is 23.0 Å². The highest BCUT2D eigenvalue weighted by atomic mass is 16.6. The van der Waals surface area contributed by atoms with Crippen molar-refractivity contribution in [3.8, 4) is 23.0 Å². The molecule has 0 radical (unpaired) electrons. The van der Waals surface area contributed by atoms with Crippen molar-refractivity contribution in [3.05, 3.63) is 335 Å². The molecule has 0 aliphatic carbocycles. The van der Waals surface area contributed by atoms with Crippen molar-refractivity contribution >= 4 is 24.1 Å². The van der Waals surface area contributed by atoms with Gasteiger partial charge >= 0.3 is 24.1 Å². The molecule has 0 saturated heterocycles. The van der Waals surface area contributed by atoms with Crippen LogP contribution in [0.25, 0.3) is 0 Å². The molecule has 27 nitrogen and oxygen atoms in total. The van der Waals surface area contributed by atoms with Gasteiger partial charge < -0.3 is 93.0 Å². The van der Waals surface area contributed by atoms with Crippen molar-refractivity contribution in [3.63, 3.8) is 0 Å². The van der Waals surface area contributed by atoms with Gasteiger partial charge in [-0.3, -0.25) is 15.6 Å². The maximum absolute atomic E-state index is 14.3. The van der Waals surface area contributed by atoms with Crippen molar-refractivity contribution in [2.45, 2.75) is 192 Å². The van der Waals surface area contributed by atoms with E-state index in [-0.39, 0.29) is 45.9 Å². The number of rotatable bonds is 45. The third kappa shape index (κ3) is 35.1. The van der Waals surface area contributed by atoms with E-state index in [1.165, 1.54) is 6.92 Å². The van der Waals surface area contributed by atoms with Crippen LogP contribution in [0, 0.1) is 0 Å². The first-order chi connectivity index (χ1) is 60.0. The number of nitrogens with one attached hydrogen (secondary N) is 4. The summed E-state index contributed by atoms with van der Waals surface area (Å²) in [7, 11) is 0. The minimum atomic E-state index is -1.67. The Bertz CT molecular complexity index is 4700. The topological polar surface area (TPSA) is 380 Å². The molecule has 0 heterocycles. The Morgan fingerprint density at radius 1 is 0.304 bits per heavy atom. The molecule has 10 aromatic rings. The minimum absolute atomic E-state index is 0.00166. The molecule has 0 aliphatic heterocycles. The van der Waals surface area contributed by atoms with E-state index in [2.05, 4.69) is 21.7 Å². The number of hydrazine groups is 2. The van der Waals surface area contributed by atoms with Crippen molar-refractivity contribution in [1.82, 2.24) is 21.7 Å². The number of amides is 2. The summed E-state index contributed by atoms with van der Waals surface area (Å²) >= 11 is 0. The van der Waals surface area contributed by atoms with E-state index in [1.807, 2.05) is 243 Å². The molecular formula is C98H118N4O23. The number of carboxylic acids is 1. The maximum Gasteiger partial charge on any atom is 0.422 e. The minimum Gasteiger partial charge on any atom is -0.485 e. The van der Waals surface area contributed by atoms with Crippen molar-refractivity contribution in [2.75, 3.05) is 26.4 Å². The lowest BCUT2D eigenvalue weighted by Crippen LogP contribution is -2.60. The molecule has 0 spiro atoms. The summed E-state index contributed by atoms with van der Waals surface area (Å²) in [6, 6.07) is 86.4. The summed E-state index contributed by atoms with van der Waals surface area (Å²) in [5.74, 6) is -0.0287. The second-order valence-electron chi connectivity index (χ2n) is 31.9. The fourth-order valence-corrected chi connectivity index (χ4v) is 12.2. The molecule has 2 unspecified atom stereocenters. The molecular weight excluding hydrogens is 1600 g/mol. The van der Waals surface area contributed by atoms with E-state index in [9.17, 15) is 60.0 Å². The highest BCUT2D eigenvalue weighted by Crippen LogP contribution is 2.34. The van der Waals surface area contributed by atoms with Gasteiger partial charge in [-0.1, -0.05) is 255 Å². The van der Waals surface area contributed by atoms with E-state index in [4.69, 9.17) is 52.1 Å². The zero-order chi connectivity index (χ0) is 90.0. The molecule has 10 atom stereocenters. The van der Waals surface area contributed by atoms with Gasteiger partial charge in [0.2, 0.25) is 0 Å². The summed E-state index contributed by atoms with van der Waals surface area (Å²) < 4.78 is 64.1. The van der Waals surface area contributed by atoms with Crippen molar-refractivity contribution < 1.29 is 112 Å². The van der Waals surface area contributed by atoms with Gasteiger partial charge in [0.25, 0.3) is 0 Å². The number of carbonyl (C=O) groups is 4. The number of esters is 1. The van der Waals surface area contributed by atoms with Gasteiger partial charge in [0.05, 0.1) is 46.2 Å². The van der Waals surface area contributed by atoms with Crippen molar-refractivity contribution in [2.24, 2.45) is 0 Å².